The summed E-state index contributed by atoms with van der Waals surface area (Å²) in [5, 5.41) is 13.9. The molecule has 0 radical (unpaired) electrons. The van der Waals surface area contributed by atoms with Crippen molar-refractivity contribution in [1.29, 1.82) is 0 Å². The summed E-state index contributed by atoms with van der Waals surface area (Å²) in [6.45, 7) is 3.58. The van der Waals surface area contributed by atoms with Gasteiger partial charge in [-0.15, -0.1) is 0 Å². The van der Waals surface area contributed by atoms with Crippen LogP contribution in [-0.2, 0) is 7.05 Å². The van der Waals surface area contributed by atoms with Gasteiger partial charge in [0.25, 0.3) is 5.56 Å². The number of aryl methyl sites for hydroxylation is 3. The van der Waals surface area contributed by atoms with Crippen LogP contribution in [0.1, 0.15) is 11.3 Å². The van der Waals surface area contributed by atoms with Gasteiger partial charge in [0.1, 0.15) is 5.69 Å². The van der Waals surface area contributed by atoms with Gasteiger partial charge in [-0.05, 0) is 25.0 Å². The van der Waals surface area contributed by atoms with Crippen molar-refractivity contribution in [3.8, 4) is 16.9 Å². The molecule has 2 aromatic rings. The summed E-state index contributed by atoms with van der Waals surface area (Å²) in [6, 6.07) is 7.47. The second-order valence-corrected chi connectivity index (χ2v) is 4.05. The van der Waals surface area contributed by atoms with E-state index in [0.717, 1.165) is 11.1 Å². The first-order valence-electron chi connectivity index (χ1n) is 5.35. The zero-order valence-electron chi connectivity index (χ0n) is 10.1. The monoisotopic (exact) mass is 230 g/mol. The van der Waals surface area contributed by atoms with Crippen LogP contribution in [0.4, 0.5) is 0 Å². The Hall–Kier alpha value is -2.10. The predicted octanol–water partition coefficient (Wildman–Crippen LogP) is 1.77. The Morgan fingerprint density at radius 2 is 1.88 bits per heavy atom. The van der Waals surface area contributed by atoms with Gasteiger partial charge in [-0.1, -0.05) is 24.3 Å². The molecule has 1 aromatic carbocycles. The fourth-order valence-corrected chi connectivity index (χ4v) is 1.86. The van der Waals surface area contributed by atoms with Crippen molar-refractivity contribution in [1.82, 2.24) is 9.78 Å². The largest absolute Gasteiger partial charge is 0.505 e. The average molecular weight is 230 g/mol. The predicted molar refractivity (Wildman–Crippen MR) is 66.1 cm³/mol. The van der Waals surface area contributed by atoms with E-state index in [9.17, 15) is 9.90 Å². The molecule has 0 aliphatic rings. The van der Waals surface area contributed by atoms with Crippen LogP contribution in [0, 0.1) is 13.8 Å². The van der Waals surface area contributed by atoms with Crippen molar-refractivity contribution >= 4 is 0 Å². The van der Waals surface area contributed by atoms with Crippen LogP contribution in [0.15, 0.2) is 29.1 Å². The van der Waals surface area contributed by atoms with Gasteiger partial charge in [-0.25, -0.2) is 4.68 Å². The van der Waals surface area contributed by atoms with Crippen molar-refractivity contribution in [2.45, 2.75) is 13.8 Å². The van der Waals surface area contributed by atoms with Crippen LogP contribution in [0.2, 0.25) is 0 Å². The Morgan fingerprint density at radius 1 is 1.24 bits per heavy atom. The van der Waals surface area contributed by atoms with Gasteiger partial charge in [0.05, 0.1) is 5.56 Å². The zero-order chi connectivity index (χ0) is 12.6. The first-order valence-corrected chi connectivity index (χ1v) is 5.35. The van der Waals surface area contributed by atoms with Gasteiger partial charge >= 0.3 is 0 Å². The molecule has 0 saturated carbocycles. The van der Waals surface area contributed by atoms with Crippen molar-refractivity contribution in [2.24, 2.45) is 7.05 Å². The Morgan fingerprint density at radius 3 is 2.53 bits per heavy atom. The van der Waals surface area contributed by atoms with E-state index in [4.69, 9.17) is 0 Å². The lowest BCUT2D eigenvalue weighted by Gasteiger charge is -2.10. The Balaban J connectivity index is 2.85. The maximum Gasteiger partial charge on any atom is 0.278 e. The van der Waals surface area contributed by atoms with Crippen molar-refractivity contribution in [3.63, 3.8) is 0 Å². The topological polar surface area (TPSA) is 55.1 Å². The molecular formula is C13H14N2O2. The van der Waals surface area contributed by atoms with E-state index in [1.165, 1.54) is 4.68 Å². The fraction of sp³-hybridized carbons (Fsp3) is 0.231. The molecule has 0 amide bonds. The Labute approximate surface area is 99.2 Å². The smallest absolute Gasteiger partial charge is 0.278 e. The highest BCUT2D eigenvalue weighted by atomic mass is 16.3. The van der Waals surface area contributed by atoms with E-state index >= 15 is 0 Å². The molecule has 0 fully saturated rings. The standard InChI is InChI=1S/C13H14N2O2/c1-8-6-4-5-7-10(8)11-12(16)9(2)14-15(3)13(11)17/h4-7,16H,1-3H3. The molecule has 0 spiro atoms. The SMILES string of the molecule is Cc1ccccc1-c1c(O)c(C)nn(C)c1=O. The lowest BCUT2D eigenvalue weighted by molar-refractivity contribution is 0.460. The van der Waals surface area contributed by atoms with Crippen LogP contribution in [0.25, 0.3) is 11.1 Å². The highest BCUT2D eigenvalue weighted by Gasteiger charge is 2.15. The summed E-state index contributed by atoms with van der Waals surface area (Å²) < 4.78 is 1.25. The molecule has 2 rings (SSSR count). The number of benzene rings is 1. The molecular weight excluding hydrogens is 216 g/mol. The number of hydrogen-bond donors (Lipinski definition) is 1. The summed E-state index contributed by atoms with van der Waals surface area (Å²) in [6.07, 6.45) is 0. The zero-order valence-corrected chi connectivity index (χ0v) is 10.1. The van der Waals surface area contributed by atoms with Crippen LogP contribution in [0.5, 0.6) is 5.75 Å². The number of hydrogen-bond acceptors (Lipinski definition) is 3. The highest BCUT2D eigenvalue weighted by molar-refractivity contribution is 5.72. The molecule has 4 nitrogen and oxygen atoms in total. The van der Waals surface area contributed by atoms with Gasteiger partial charge in [-0.3, -0.25) is 4.79 Å². The van der Waals surface area contributed by atoms with Crippen LogP contribution in [0.3, 0.4) is 0 Å². The quantitative estimate of drug-likeness (QED) is 0.812. The lowest BCUT2D eigenvalue weighted by atomic mass is 10.0. The molecule has 0 saturated heterocycles. The first-order chi connectivity index (χ1) is 8.02. The summed E-state index contributed by atoms with van der Waals surface area (Å²) in [4.78, 5) is 12.0. The van der Waals surface area contributed by atoms with Crippen LogP contribution < -0.4 is 5.56 Å². The molecule has 1 aromatic heterocycles. The minimum absolute atomic E-state index is 0.0394. The maximum atomic E-state index is 12.0. The summed E-state index contributed by atoms with van der Waals surface area (Å²) >= 11 is 0. The van der Waals surface area contributed by atoms with Gasteiger partial charge in [-0.2, -0.15) is 5.10 Å². The Kier molecular flexibility index (Phi) is 2.71. The normalized spacial score (nSPS) is 10.5. The first kappa shape index (κ1) is 11.4. The number of aromatic nitrogens is 2. The second kappa shape index (κ2) is 4.05. The number of aromatic hydroxyl groups is 1. The third-order valence-electron chi connectivity index (χ3n) is 2.80. The molecule has 0 aliphatic heterocycles. The van der Waals surface area contributed by atoms with E-state index < -0.39 is 0 Å². The Bertz CT molecular complexity index is 630. The van der Waals surface area contributed by atoms with Crippen molar-refractivity contribution in [3.05, 3.63) is 45.9 Å². The summed E-state index contributed by atoms with van der Waals surface area (Å²) in [5.74, 6) is -0.0394. The van der Waals surface area contributed by atoms with E-state index in [-0.39, 0.29) is 11.3 Å². The highest BCUT2D eigenvalue weighted by Crippen LogP contribution is 2.29. The van der Waals surface area contributed by atoms with Gasteiger partial charge < -0.3 is 5.11 Å². The summed E-state index contributed by atoms with van der Waals surface area (Å²) in [7, 11) is 1.58. The van der Waals surface area contributed by atoms with E-state index in [1.807, 2.05) is 31.2 Å². The maximum absolute atomic E-state index is 12.0. The number of nitrogens with zero attached hydrogens (tertiary/aromatic N) is 2. The van der Waals surface area contributed by atoms with Crippen LogP contribution in [-0.4, -0.2) is 14.9 Å². The van der Waals surface area contributed by atoms with E-state index in [1.54, 1.807) is 14.0 Å². The van der Waals surface area contributed by atoms with Gasteiger partial charge in [0, 0.05) is 7.05 Å². The molecule has 0 atom stereocenters. The van der Waals surface area contributed by atoms with Gasteiger partial charge in [0.15, 0.2) is 5.75 Å². The van der Waals surface area contributed by atoms with Crippen molar-refractivity contribution < 1.29 is 5.11 Å². The van der Waals surface area contributed by atoms with Crippen molar-refractivity contribution in [2.75, 3.05) is 0 Å². The molecule has 1 heterocycles. The third kappa shape index (κ3) is 1.82. The lowest BCUT2D eigenvalue weighted by Crippen LogP contribution is -2.22. The molecule has 0 unspecified atom stereocenters. The minimum atomic E-state index is -0.289. The van der Waals surface area contributed by atoms with Crippen LogP contribution >= 0.6 is 0 Å². The molecule has 0 bridgehead atoms. The average Bonchev–Trinajstić information content (AvgIpc) is 2.29. The summed E-state index contributed by atoms with van der Waals surface area (Å²) in [5.41, 5.74) is 2.17. The molecule has 4 heteroatoms. The molecule has 0 aliphatic carbocycles. The fourth-order valence-electron chi connectivity index (χ4n) is 1.86. The molecule has 88 valence electrons. The second-order valence-electron chi connectivity index (χ2n) is 4.05. The minimum Gasteiger partial charge on any atom is -0.505 e. The van der Waals surface area contributed by atoms with E-state index in [2.05, 4.69) is 5.10 Å². The molecule has 1 N–H and O–H groups in total. The number of rotatable bonds is 1. The molecule has 17 heavy (non-hydrogen) atoms. The third-order valence-corrected chi connectivity index (χ3v) is 2.80. The van der Waals surface area contributed by atoms with E-state index in [0.29, 0.717) is 11.3 Å². The van der Waals surface area contributed by atoms with Gasteiger partial charge in [0.2, 0.25) is 0 Å².